The Labute approximate surface area is 161 Å². The van der Waals surface area contributed by atoms with E-state index in [2.05, 4.69) is 22.3 Å². The van der Waals surface area contributed by atoms with Crippen molar-refractivity contribution in [3.63, 3.8) is 0 Å². The summed E-state index contributed by atoms with van der Waals surface area (Å²) in [6.45, 7) is 5.20. The summed E-state index contributed by atoms with van der Waals surface area (Å²) >= 11 is 0. The van der Waals surface area contributed by atoms with Crippen molar-refractivity contribution in [2.45, 2.75) is 32.7 Å². The van der Waals surface area contributed by atoms with Crippen molar-refractivity contribution in [3.05, 3.63) is 35.1 Å². The van der Waals surface area contributed by atoms with E-state index in [-0.39, 0.29) is 29.8 Å². The fourth-order valence-electron chi connectivity index (χ4n) is 2.90. The van der Waals surface area contributed by atoms with E-state index in [1.807, 2.05) is 12.1 Å². The molecule has 0 aliphatic carbocycles. The molecule has 0 saturated carbocycles. The summed E-state index contributed by atoms with van der Waals surface area (Å²) in [5.41, 5.74) is 1.73. The van der Waals surface area contributed by atoms with Gasteiger partial charge in [-0.15, -0.1) is 24.0 Å². The summed E-state index contributed by atoms with van der Waals surface area (Å²) in [6, 6.07) is 5.20. The second-order valence-corrected chi connectivity index (χ2v) is 6.25. The number of guanidine groups is 1. The van der Waals surface area contributed by atoms with Gasteiger partial charge >= 0.3 is 0 Å². The molecule has 1 fully saturated rings. The summed E-state index contributed by atoms with van der Waals surface area (Å²) in [7, 11) is 3.85. The first-order chi connectivity index (χ1) is 11.1. The third kappa shape index (κ3) is 6.55. The number of nitrogens with one attached hydrogen (secondary N) is 1. The zero-order valence-corrected chi connectivity index (χ0v) is 17.2. The second kappa shape index (κ2) is 10.9. The van der Waals surface area contributed by atoms with Crippen LogP contribution in [0.15, 0.2) is 23.2 Å². The first-order valence-corrected chi connectivity index (χ1v) is 8.34. The lowest BCUT2D eigenvalue weighted by Crippen LogP contribution is -2.39. The van der Waals surface area contributed by atoms with E-state index in [0.29, 0.717) is 12.1 Å². The molecule has 1 aromatic carbocycles. The molecule has 0 bridgehead atoms. The molecule has 0 amide bonds. The molecule has 4 nitrogen and oxygen atoms in total. The molecule has 6 heteroatoms. The van der Waals surface area contributed by atoms with Gasteiger partial charge in [0.2, 0.25) is 0 Å². The molecule has 1 aromatic rings. The van der Waals surface area contributed by atoms with Crippen molar-refractivity contribution in [2.24, 2.45) is 10.9 Å². The van der Waals surface area contributed by atoms with Gasteiger partial charge in [0.1, 0.15) is 5.82 Å². The number of aliphatic imine (C=N–C) groups is 1. The van der Waals surface area contributed by atoms with Gasteiger partial charge in [-0.05, 0) is 49.3 Å². The smallest absolute Gasteiger partial charge is 0.193 e. The zero-order chi connectivity index (χ0) is 16.7. The van der Waals surface area contributed by atoms with Crippen LogP contribution in [0.2, 0.25) is 0 Å². The van der Waals surface area contributed by atoms with Gasteiger partial charge in [-0.1, -0.05) is 12.1 Å². The molecule has 2 rings (SSSR count). The van der Waals surface area contributed by atoms with E-state index in [9.17, 15) is 4.39 Å². The molecule has 0 radical (unpaired) electrons. The van der Waals surface area contributed by atoms with Gasteiger partial charge in [0.05, 0.1) is 0 Å². The lowest BCUT2D eigenvalue weighted by atomic mass is 9.96. The minimum Gasteiger partial charge on any atom is -0.381 e. The molecule has 1 N–H and O–H groups in total. The summed E-state index contributed by atoms with van der Waals surface area (Å²) in [5, 5.41) is 3.35. The van der Waals surface area contributed by atoms with E-state index in [1.54, 1.807) is 14.0 Å². The SMILES string of the molecule is CN=C(NCc1ccc(F)c(C)c1)N(C)CCC1CCOCC1.I. The van der Waals surface area contributed by atoms with Gasteiger partial charge < -0.3 is 15.0 Å². The Balaban J connectivity index is 0.00000288. The average Bonchev–Trinajstić information content (AvgIpc) is 2.57. The van der Waals surface area contributed by atoms with E-state index < -0.39 is 0 Å². The first kappa shape index (κ1) is 21.2. The van der Waals surface area contributed by atoms with Crippen molar-refractivity contribution in [1.29, 1.82) is 0 Å². The Morgan fingerprint density at radius 1 is 1.38 bits per heavy atom. The maximum atomic E-state index is 13.3. The van der Waals surface area contributed by atoms with Crippen molar-refractivity contribution in [2.75, 3.05) is 33.9 Å². The van der Waals surface area contributed by atoms with Gasteiger partial charge in [-0.3, -0.25) is 4.99 Å². The zero-order valence-electron chi connectivity index (χ0n) is 14.8. The van der Waals surface area contributed by atoms with E-state index in [1.165, 1.54) is 6.07 Å². The Bertz CT molecular complexity index is 533. The molecule has 1 aliphatic heterocycles. The number of aryl methyl sites for hydroxylation is 1. The summed E-state index contributed by atoms with van der Waals surface area (Å²) in [5.74, 6) is 1.47. The molecule has 1 saturated heterocycles. The van der Waals surface area contributed by atoms with Crippen LogP contribution in [0.3, 0.4) is 0 Å². The number of ether oxygens (including phenoxy) is 1. The summed E-state index contributed by atoms with van der Waals surface area (Å²) in [6.07, 6.45) is 3.49. The van der Waals surface area contributed by atoms with Crippen LogP contribution >= 0.6 is 24.0 Å². The molecule has 1 heterocycles. The Morgan fingerprint density at radius 2 is 2.08 bits per heavy atom. The number of hydrogen-bond acceptors (Lipinski definition) is 2. The maximum Gasteiger partial charge on any atom is 0.193 e. The standard InChI is InChI=1S/C18H28FN3O.HI/c1-14-12-16(4-5-17(14)19)13-21-18(20-2)22(3)9-6-15-7-10-23-11-8-15;/h4-5,12,15H,6-11,13H2,1-3H3,(H,20,21);1H. The Hall–Kier alpha value is -0.890. The predicted octanol–water partition coefficient (Wildman–Crippen LogP) is 3.58. The molecule has 0 unspecified atom stereocenters. The number of benzene rings is 1. The van der Waals surface area contributed by atoms with Crippen LogP contribution in [-0.2, 0) is 11.3 Å². The van der Waals surface area contributed by atoms with Crippen LogP contribution in [0.1, 0.15) is 30.4 Å². The van der Waals surface area contributed by atoms with Crippen molar-refractivity contribution in [3.8, 4) is 0 Å². The molecule has 0 spiro atoms. The normalized spacial score (nSPS) is 15.8. The first-order valence-electron chi connectivity index (χ1n) is 8.34. The van der Waals surface area contributed by atoms with Crippen LogP contribution in [0.5, 0.6) is 0 Å². The molecule has 1 aliphatic rings. The topological polar surface area (TPSA) is 36.9 Å². The lowest BCUT2D eigenvalue weighted by molar-refractivity contribution is 0.0625. The Morgan fingerprint density at radius 3 is 2.71 bits per heavy atom. The highest BCUT2D eigenvalue weighted by Gasteiger charge is 2.15. The predicted molar refractivity (Wildman–Crippen MR) is 108 cm³/mol. The molecule has 0 aromatic heterocycles. The minimum absolute atomic E-state index is 0. The highest BCUT2D eigenvalue weighted by molar-refractivity contribution is 14.0. The molecular weight excluding hydrogens is 420 g/mol. The van der Waals surface area contributed by atoms with Crippen molar-refractivity contribution < 1.29 is 9.13 Å². The number of halogens is 2. The van der Waals surface area contributed by atoms with Crippen LogP contribution in [0, 0.1) is 18.7 Å². The van der Waals surface area contributed by atoms with E-state index in [4.69, 9.17) is 4.74 Å². The largest absolute Gasteiger partial charge is 0.381 e. The van der Waals surface area contributed by atoms with Crippen LogP contribution in [0.25, 0.3) is 0 Å². The van der Waals surface area contributed by atoms with Crippen LogP contribution in [0.4, 0.5) is 4.39 Å². The van der Waals surface area contributed by atoms with Crippen LogP contribution in [-0.4, -0.2) is 44.7 Å². The van der Waals surface area contributed by atoms with Gasteiger partial charge in [0, 0.05) is 40.4 Å². The highest BCUT2D eigenvalue weighted by Crippen LogP contribution is 2.18. The van der Waals surface area contributed by atoms with Crippen LogP contribution < -0.4 is 5.32 Å². The summed E-state index contributed by atoms with van der Waals surface area (Å²) in [4.78, 5) is 6.50. The number of hydrogen-bond donors (Lipinski definition) is 1. The van der Waals surface area contributed by atoms with Gasteiger partial charge in [-0.2, -0.15) is 0 Å². The number of rotatable bonds is 5. The molecular formula is C18H29FIN3O. The highest BCUT2D eigenvalue weighted by atomic mass is 127. The van der Waals surface area contributed by atoms with Crippen molar-refractivity contribution >= 4 is 29.9 Å². The second-order valence-electron chi connectivity index (χ2n) is 6.25. The third-order valence-corrected chi connectivity index (χ3v) is 4.46. The fourth-order valence-corrected chi connectivity index (χ4v) is 2.90. The lowest BCUT2D eigenvalue weighted by Gasteiger charge is -2.26. The third-order valence-electron chi connectivity index (χ3n) is 4.46. The summed E-state index contributed by atoms with van der Waals surface area (Å²) < 4.78 is 18.7. The fraction of sp³-hybridized carbons (Fsp3) is 0.611. The van der Waals surface area contributed by atoms with E-state index >= 15 is 0 Å². The Kier molecular flexibility index (Phi) is 9.58. The quantitative estimate of drug-likeness (QED) is 0.424. The van der Waals surface area contributed by atoms with Gasteiger partial charge in [0.25, 0.3) is 0 Å². The molecule has 24 heavy (non-hydrogen) atoms. The average molecular weight is 449 g/mol. The number of nitrogens with zero attached hydrogens (tertiary/aromatic N) is 2. The molecule has 136 valence electrons. The maximum absolute atomic E-state index is 13.3. The minimum atomic E-state index is -0.160. The molecule has 0 atom stereocenters. The van der Waals surface area contributed by atoms with Gasteiger partial charge in [0.15, 0.2) is 5.96 Å². The monoisotopic (exact) mass is 449 g/mol. The van der Waals surface area contributed by atoms with Gasteiger partial charge in [-0.25, -0.2) is 4.39 Å². The van der Waals surface area contributed by atoms with Crippen molar-refractivity contribution in [1.82, 2.24) is 10.2 Å². The van der Waals surface area contributed by atoms with E-state index in [0.717, 1.165) is 56.5 Å².